The maximum Gasteiger partial charge on any atom is 0.133 e. The van der Waals surface area contributed by atoms with Crippen LogP contribution in [-0.4, -0.2) is 17.0 Å². The molecule has 2 aromatic heterocycles. The van der Waals surface area contributed by atoms with E-state index in [4.69, 9.17) is 0 Å². The van der Waals surface area contributed by atoms with Gasteiger partial charge < -0.3 is 4.90 Å². The van der Waals surface area contributed by atoms with Crippen LogP contribution in [0, 0.1) is 0 Å². The molecule has 0 unspecified atom stereocenters. The van der Waals surface area contributed by atoms with Gasteiger partial charge in [-0.05, 0) is 24.3 Å². The Bertz CT molecular complexity index is 347. The molecular formula is C13H17N3. The molecule has 0 aromatic carbocycles. The van der Waals surface area contributed by atoms with Crippen LogP contribution in [0.3, 0.4) is 0 Å². The zero-order chi connectivity index (χ0) is 11.8. The van der Waals surface area contributed by atoms with Crippen molar-refractivity contribution >= 4 is 11.6 Å². The number of hydrogen-bond donors (Lipinski definition) is 0. The third-order valence-corrected chi connectivity index (χ3v) is 1.99. The molecule has 3 heteroatoms. The summed E-state index contributed by atoms with van der Waals surface area (Å²) >= 11 is 0. The highest BCUT2D eigenvalue weighted by Gasteiger charge is 2.03. The van der Waals surface area contributed by atoms with Crippen molar-refractivity contribution in [1.29, 1.82) is 0 Å². The molecule has 0 saturated heterocycles. The average Bonchev–Trinajstić information content (AvgIpc) is 2.42. The number of pyridine rings is 2. The molecule has 0 aliphatic heterocycles. The predicted octanol–water partition coefficient (Wildman–Crippen LogP) is 3.27. The Hall–Kier alpha value is -1.90. The summed E-state index contributed by atoms with van der Waals surface area (Å²) in [5.41, 5.74) is 0. The van der Waals surface area contributed by atoms with E-state index < -0.39 is 0 Å². The molecule has 0 aliphatic carbocycles. The molecule has 16 heavy (non-hydrogen) atoms. The standard InChI is InChI=1S/C11H11N3.C2H6/c1-14(10-6-2-4-8-12-10)11-7-3-5-9-13-11;1-2/h2-9H,1H3;1-2H3. The van der Waals surface area contributed by atoms with Gasteiger partial charge in [0.2, 0.25) is 0 Å². The van der Waals surface area contributed by atoms with Gasteiger partial charge in [-0.1, -0.05) is 26.0 Å². The molecule has 2 aromatic rings. The van der Waals surface area contributed by atoms with Crippen LogP contribution in [-0.2, 0) is 0 Å². The Morgan fingerprint density at radius 2 is 1.25 bits per heavy atom. The van der Waals surface area contributed by atoms with Crippen molar-refractivity contribution in [2.75, 3.05) is 11.9 Å². The summed E-state index contributed by atoms with van der Waals surface area (Å²) in [6.45, 7) is 4.00. The molecule has 0 fully saturated rings. The molecule has 2 heterocycles. The summed E-state index contributed by atoms with van der Waals surface area (Å²) in [7, 11) is 1.95. The van der Waals surface area contributed by atoms with E-state index in [0.717, 1.165) is 11.6 Å². The summed E-state index contributed by atoms with van der Waals surface area (Å²) in [4.78, 5) is 10.4. The summed E-state index contributed by atoms with van der Waals surface area (Å²) < 4.78 is 0. The highest BCUT2D eigenvalue weighted by Crippen LogP contribution is 2.17. The van der Waals surface area contributed by atoms with Crippen molar-refractivity contribution in [2.45, 2.75) is 13.8 Å². The lowest BCUT2D eigenvalue weighted by Gasteiger charge is -2.16. The predicted molar refractivity (Wildman–Crippen MR) is 67.9 cm³/mol. The number of rotatable bonds is 2. The lowest BCUT2D eigenvalue weighted by Crippen LogP contribution is -2.11. The van der Waals surface area contributed by atoms with Crippen LogP contribution in [0.4, 0.5) is 11.6 Å². The number of hydrogen-bond acceptors (Lipinski definition) is 3. The normalized spacial score (nSPS) is 8.94. The fourth-order valence-corrected chi connectivity index (χ4v) is 1.22. The zero-order valence-electron chi connectivity index (χ0n) is 9.96. The molecule has 0 aliphatic rings. The lowest BCUT2D eigenvalue weighted by atomic mass is 10.4. The van der Waals surface area contributed by atoms with Gasteiger partial charge in [0.15, 0.2) is 0 Å². The van der Waals surface area contributed by atoms with Crippen LogP contribution >= 0.6 is 0 Å². The van der Waals surface area contributed by atoms with E-state index in [1.165, 1.54) is 0 Å². The van der Waals surface area contributed by atoms with Crippen molar-refractivity contribution in [1.82, 2.24) is 9.97 Å². The molecule has 84 valence electrons. The van der Waals surface area contributed by atoms with Crippen molar-refractivity contribution in [3.63, 3.8) is 0 Å². The molecule has 0 bridgehead atoms. The van der Waals surface area contributed by atoms with Gasteiger partial charge in [0, 0.05) is 19.4 Å². The summed E-state index contributed by atoms with van der Waals surface area (Å²) in [6, 6.07) is 11.6. The molecule has 0 spiro atoms. The molecule has 0 amide bonds. The molecule has 0 atom stereocenters. The first-order chi connectivity index (χ1) is 7.88. The second-order valence-corrected chi connectivity index (χ2v) is 2.93. The van der Waals surface area contributed by atoms with E-state index in [1.54, 1.807) is 12.4 Å². The molecule has 0 saturated carbocycles. The molecular weight excluding hydrogens is 198 g/mol. The van der Waals surface area contributed by atoms with E-state index in [1.807, 2.05) is 62.2 Å². The first-order valence-corrected chi connectivity index (χ1v) is 5.44. The first-order valence-electron chi connectivity index (χ1n) is 5.44. The summed E-state index contributed by atoms with van der Waals surface area (Å²) in [5, 5.41) is 0. The molecule has 0 N–H and O–H groups in total. The van der Waals surface area contributed by atoms with Crippen LogP contribution in [0.1, 0.15) is 13.8 Å². The quantitative estimate of drug-likeness (QED) is 0.770. The number of aromatic nitrogens is 2. The van der Waals surface area contributed by atoms with Crippen molar-refractivity contribution in [3.05, 3.63) is 48.8 Å². The second-order valence-electron chi connectivity index (χ2n) is 2.93. The highest BCUT2D eigenvalue weighted by atomic mass is 15.2. The topological polar surface area (TPSA) is 29.0 Å². The van der Waals surface area contributed by atoms with Gasteiger partial charge in [-0.3, -0.25) is 0 Å². The maximum absolute atomic E-state index is 4.24. The van der Waals surface area contributed by atoms with Gasteiger partial charge in [-0.25, -0.2) is 9.97 Å². The van der Waals surface area contributed by atoms with Crippen molar-refractivity contribution in [2.24, 2.45) is 0 Å². The monoisotopic (exact) mass is 215 g/mol. The first kappa shape index (κ1) is 12.2. The van der Waals surface area contributed by atoms with E-state index in [0.29, 0.717) is 0 Å². The smallest absolute Gasteiger partial charge is 0.133 e. The largest absolute Gasteiger partial charge is 0.314 e. The molecule has 0 radical (unpaired) electrons. The fourth-order valence-electron chi connectivity index (χ4n) is 1.22. The Labute approximate surface area is 96.8 Å². The van der Waals surface area contributed by atoms with Crippen LogP contribution in [0.25, 0.3) is 0 Å². The lowest BCUT2D eigenvalue weighted by molar-refractivity contribution is 1.08. The third kappa shape index (κ3) is 3.05. The van der Waals surface area contributed by atoms with Crippen LogP contribution in [0.2, 0.25) is 0 Å². The van der Waals surface area contributed by atoms with Crippen molar-refractivity contribution in [3.8, 4) is 0 Å². The zero-order valence-corrected chi connectivity index (χ0v) is 9.96. The van der Waals surface area contributed by atoms with E-state index in [-0.39, 0.29) is 0 Å². The van der Waals surface area contributed by atoms with Gasteiger partial charge in [0.25, 0.3) is 0 Å². The highest BCUT2D eigenvalue weighted by molar-refractivity contribution is 5.53. The minimum absolute atomic E-state index is 0.895. The molecule has 2 rings (SSSR count). The van der Waals surface area contributed by atoms with Gasteiger partial charge >= 0.3 is 0 Å². The number of anilines is 2. The minimum Gasteiger partial charge on any atom is -0.314 e. The number of nitrogens with zero attached hydrogens (tertiary/aromatic N) is 3. The van der Waals surface area contributed by atoms with E-state index >= 15 is 0 Å². The van der Waals surface area contributed by atoms with Crippen molar-refractivity contribution < 1.29 is 0 Å². The van der Waals surface area contributed by atoms with E-state index in [9.17, 15) is 0 Å². The molecule has 3 nitrogen and oxygen atoms in total. The van der Waals surface area contributed by atoms with Crippen LogP contribution in [0.5, 0.6) is 0 Å². The Balaban J connectivity index is 0.000000606. The van der Waals surface area contributed by atoms with Gasteiger partial charge in [0.05, 0.1) is 0 Å². The second kappa shape index (κ2) is 6.56. The van der Waals surface area contributed by atoms with Gasteiger partial charge in [-0.2, -0.15) is 0 Å². The minimum atomic E-state index is 0.895. The van der Waals surface area contributed by atoms with Crippen LogP contribution < -0.4 is 4.90 Å². The Kier molecular flexibility index (Phi) is 4.99. The Morgan fingerprint density at radius 3 is 1.56 bits per heavy atom. The van der Waals surface area contributed by atoms with E-state index in [2.05, 4.69) is 9.97 Å². The summed E-state index contributed by atoms with van der Waals surface area (Å²) in [5.74, 6) is 1.79. The third-order valence-electron chi connectivity index (χ3n) is 1.99. The average molecular weight is 215 g/mol. The van der Waals surface area contributed by atoms with Crippen LogP contribution in [0.15, 0.2) is 48.8 Å². The Morgan fingerprint density at radius 1 is 0.812 bits per heavy atom. The van der Waals surface area contributed by atoms with Gasteiger partial charge in [-0.15, -0.1) is 0 Å². The summed E-state index contributed by atoms with van der Waals surface area (Å²) in [6.07, 6.45) is 3.55. The van der Waals surface area contributed by atoms with Gasteiger partial charge in [0.1, 0.15) is 11.6 Å². The SMILES string of the molecule is CC.CN(c1ccccn1)c1ccccn1. The maximum atomic E-state index is 4.24. The fraction of sp³-hybridized carbons (Fsp3) is 0.231.